The van der Waals surface area contributed by atoms with Crippen LogP contribution < -0.4 is 5.73 Å². The van der Waals surface area contributed by atoms with Gasteiger partial charge in [0.2, 0.25) is 0 Å². The first-order valence-corrected chi connectivity index (χ1v) is 7.20. The quantitative estimate of drug-likeness (QED) is 0.776. The number of nitrogens with two attached hydrogens (primary N) is 1. The van der Waals surface area contributed by atoms with E-state index in [9.17, 15) is 0 Å². The molecule has 1 unspecified atom stereocenters. The smallest absolute Gasteiger partial charge is 0.0409 e. The third kappa shape index (κ3) is 4.36. The molecule has 1 atom stereocenters. The monoisotopic (exact) mass is 257 g/mol. The van der Waals surface area contributed by atoms with Crippen molar-refractivity contribution < 1.29 is 0 Å². The van der Waals surface area contributed by atoms with E-state index in [0.717, 1.165) is 23.6 Å². The summed E-state index contributed by atoms with van der Waals surface area (Å²) in [6, 6.07) is 6.36. The highest BCUT2D eigenvalue weighted by Gasteiger charge is 2.07. The summed E-state index contributed by atoms with van der Waals surface area (Å²) < 4.78 is 0. The average molecular weight is 258 g/mol. The first kappa shape index (κ1) is 13.9. The normalized spacial score (nSPS) is 12.8. The second-order valence-corrected chi connectivity index (χ2v) is 5.55. The van der Waals surface area contributed by atoms with Crippen LogP contribution in [0.4, 0.5) is 0 Å². The fraction of sp³-hybridized carbons (Fsp3) is 0.538. The van der Waals surface area contributed by atoms with E-state index < -0.39 is 0 Å². The van der Waals surface area contributed by atoms with Gasteiger partial charge in [0.15, 0.2) is 0 Å². The summed E-state index contributed by atoms with van der Waals surface area (Å²) in [5, 5.41) is 0.805. The first-order valence-electron chi connectivity index (χ1n) is 5.84. The number of thioether (sulfide) groups is 1. The number of hydrogen-bond acceptors (Lipinski definition) is 2. The molecule has 0 spiro atoms. The third-order valence-corrected chi connectivity index (χ3v) is 4.05. The van der Waals surface area contributed by atoms with Gasteiger partial charge in [-0.25, -0.2) is 0 Å². The van der Waals surface area contributed by atoms with E-state index in [4.69, 9.17) is 17.3 Å². The third-order valence-electron chi connectivity index (χ3n) is 2.49. The molecule has 1 nitrogen and oxygen atoms in total. The van der Waals surface area contributed by atoms with Crippen molar-refractivity contribution in [2.24, 2.45) is 5.73 Å². The highest BCUT2D eigenvalue weighted by atomic mass is 35.5. The Hall–Kier alpha value is -0.180. The first-order chi connectivity index (χ1) is 7.67. The van der Waals surface area contributed by atoms with Crippen molar-refractivity contribution in [3.8, 4) is 0 Å². The Kier molecular flexibility index (Phi) is 6.25. The molecular weight excluding hydrogens is 238 g/mol. The van der Waals surface area contributed by atoms with E-state index in [0.29, 0.717) is 0 Å². The molecule has 0 aliphatic rings. The molecule has 1 rings (SSSR count). The minimum absolute atomic E-state index is 0.236. The molecular formula is C13H20ClNS. The van der Waals surface area contributed by atoms with E-state index in [1.807, 2.05) is 17.8 Å². The van der Waals surface area contributed by atoms with Gasteiger partial charge in [-0.15, -0.1) is 11.8 Å². The lowest BCUT2D eigenvalue weighted by Gasteiger charge is -2.13. The predicted molar refractivity (Wildman–Crippen MR) is 74.4 cm³/mol. The van der Waals surface area contributed by atoms with Crippen molar-refractivity contribution in [1.82, 2.24) is 0 Å². The Balaban J connectivity index is 2.80. The van der Waals surface area contributed by atoms with Crippen LogP contribution in [0.1, 0.15) is 32.3 Å². The van der Waals surface area contributed by atoms with Gasteiger partial charge in [-0.05, 0) is 48.8 Å². The molecule has 0 fully saturated rings. The minimum Gasteiger partial charge on any atom is -0.327 e. The van der Waals surface area contributed by atoms with Crippen LogP contribution in [0.15, 0.2) is 23.1 Å². The summed E-state index contributed by atoms with van der Waals surface area (Å²) in [6.45, 7) is 4.31. The maximum atomic E-state index is 6.03. The molecule has 0 aliphatic carbocycles. The van der Waals surface area contributed by atoms with E-state index >= 15 is 0 Å². The largest absolute Gasteiger partial charge is 0.327 e. The summed E-state index contributed by atoms with van der Waals surface area (Å²) in [5.74, 6) is 1.15. The van der Waals surface area contributed by atoms with Gasteiger partial charge in [0.05, 0.1) is 0 Å². The van der Waals surface area contributed by atoms with Crippen molar-refractivity contribution in [2.75, 3.05) is 5.75 Å². The van der Waals surface area contributed by atoms with Crippen molar-refractivity contribution in [2.45, 2.75) is 44.0 Å². The molecule has 0 aromatic heterocycles. The SMILES string of the molecule is CCCSc1ccc(Cl)cc1CC(N)CC. The summed E-state index contributed by atoms with van der Waals surface area (Å²) in [6.07, 6.45) is 3.11. The number of halogens is 1. The maximum absolute atomic E-state index is 6.03. The maximum Gasteiger partial charge on any atom is 0.0409 e. The van der Waals surface area contributed by atoms with Crippen LogP contribution in [0, 0.1) is 0 Å². The fourth-order valence-corrected chi connectivity index (χ4v) is 2.60. The van der Waals surface area contributed by atoms with Gasteiger partial charge in [-0.1, -0.05) is 25.4 Å². The molecule has 0 heterocycles. The molecule has 16 heavy (non-hydrogen) atoms. The molecule has 1 aromatic carbocycles. The van der Waals surface area contributed by atoms with Crippen LogP contribution in [0.2, 0.25) is 5.02 Å². The highest BCUT2D eigenvalue weighted by molar-refractivity contribution is 7.99. The zero-order valence-corrected chi connectivity index (χ0v) is 11.6. The average Bonchev–Trinajstić information content (AvgIpc) is 2.28. The molecule has 2 N–H and O–H groups in total. The van der Waals surface area contributed by atoms with Crippen LogP contribution in [0.5, 0.6) is 0 Å². The topological polar surface area (TPSA) is 26.0 Å². The Morgan fingerprint density at radius 3 is 2.75 bits per heavy atom. The van der Waals surface area contributed by atoms with Crippen LogP contribution in [-0.2, 0) is 6.42 Å². The van der Waals surface area contributed by atoms with Gasteiger partial charge < -0.3 is 5.73 Å². The van der Waals surface area contributed by atoms with Crippen LogP contribution in [0.3, 0.4) is 0 Å². The number of hydrogen-bond donors (Lipinski definition) is 1. The lowest BCUT2D eigenvalue weighted by atomic mass is 10.0. The second-order valence-electron chi connectivity index (χ2n) is 3.97. The van der Waals surface area contributed by atoms with Gasteiger partial charge in [-0.3, -0.25) is 0 Å². The van der Waals surface area contributed by atoms with Crippen molar-refractivity contribution in [3.05, 3.63) is 28.8 Å². The molecule has 1 aromatic rings. The number of rotatable bonds is 6. The van der Waals surface area contributed by atoms with Crippen LogP contribution in [-0.4, -0.2) is 11.8 Å². The van der Waals surface area contributed by atoms with Crippen LogP contribution in [0.25, 0.3) is 0 Å². The summed E-state index contributed by atoms with van der Waals surface area (Å²) in [7, 11) is 0. The standard InChI is InChI=1S/C13H20ClNS/c1-3-7-16-13-6-5-11(14)8-10(13)9-12(15)4-2/h5-6,8,12H,3-4,7,9,15H2,1-2H3. The van der Waals surface area contributed by atoms with Gasteiger partial charge in [0.1, 0.15) is 0 Å². The van der Waals surface area contributed by atoms with Gasteiger partial charge >= 0.3 is 0 Å². The summed E-state index contributed by atoms with van der Waals surface area (Å²) in [5.41, 5.74) is 7.29. The van der Waals surface area contributed by atoms with Gasteiger partial charge in [0.25, 0.3) is 0 Å². The van der Waals surface area contributed by atoms with Crippen molar-refractivity contribution in [1.29, 1.82) is 0 Å². The molecule has 90 valence electrons. The molecule has 0 bridgehead atoms. The van der Waals surface area contributed by atoms with E-state index in [1.165, 1.54) is 16.9 Å². The Morgan fingerprint density at radius 1 is 1.38 bits per heavy atom. The molecule has 0 saturated carbocycles. The Labute approximate surface area is 108 Å². The van der Waals surface area contributed by atoms with Crippen molar-refractivity contribution in [3.63, 3.8) is 0 Å². The van der Waals surface area contributed by atoms with Gasteiger partial charge in [0, 0.05) is 16.0 Å². The van der Waals surface area contributed by atoms with Crippen LogP contribution >= 0.6 is 23.4 Å². The molecule has 0 aliphatic heterocycles. The van der Waals surface area contributed by atoms with E-state index in [2.05, 4.69) is 26.0 Å². The fourth-order valence-electron chi connectivity index (χ4n) is 1.49. The predicted octanol–water partition coefficient (Wildman–Crippen LogP) is 4.12. The van der Waals surface area contributed by atoms with E-state index in [-0.39, 0.29) is 6.04 Å². The zero-order chi connectivity index (χ0) is 12.0. The zero-order valence-electron chi connectivity index (χ0n) is 10.0. The van der Waals surface area contributed by atoms with Gasteiger partial charge in [-0.2, -0.15) is 0 Å². The van der Waals surface area contributed by atoms with E-state index in [1.54, 1.807) is 0 Å². The van der Waals surface area contributed by atoms with Crippen molar-refractivity contribution >= 4 is 23.4 Å². The Morgan fingerprint density at radius 2 is 2.12 bits per heavy atom. The molecule has 0 radical (unpaired) electrons. The second kappa shape index (κ2) is 7.21. The summed E-state index contributed by atoms with van der Waals surface area (Å²) in [4.78, 5) is 1.33. The minimum atomic E-state index is 0.236. The summed E-state index contributed by atoms with van der Waals surface area (Å²) >= 11 is 7.92. The lowest BCUT2D eigenvalue weighted by Crippen LogP contribution is -2.21. The molecule has 0 amide bonds. The number of benzene rings is 1. The Bertz CT molecular complexity index is 328. The highest BCUT2D eigenvalue weighted by Crippen LogP contribution is 2.27. The molecule has 3 heteroatoms. The lowest BCUT2D eigenvalue weighted by molar-refractivity contribution is 0.641. The molecule has 0 saturated heterocycles.